The van der Waals surface area contributed by atoms with Gasteiger partial charge in [-0.1, -0.05) is 26.2 Å². The van der Waals surface area contributed by atoms with E-state index in [2.05, 4.69) is 10.00 Å². The topological polar surface area (TPSA) is 87.5 Å². The molecule has 7 nitrogen and oxygen atoms in total. The van der Waals surface area contributed by atoms with E-state index < -0.39 is 6.09 Å². The van der Waals surface area contributed by atoms with E-state index >= 15 is 0 Å². The molecule has 0 bridgehead atoms. The van der Waals surface area contributed by atoms with Crippen molar-refractivity contribution in [2.75, 3.05) is 10.2 Å². The number of anilines is 2. The summed E-state index contributed by atoms with van der Waals surface area (Å²) in [6.45, 7) is 4.00. The predicted molar refractivity (Wildman–Crippen MR) is 127 cm³/mol. The fourth-order valence-corrected chi connectivity index (χ4v) is 6.27. The lowest BCUT2D eigenvalue weighted by molar-refractivity contribution is 0.103. The fraction of sp³-hybridized carbons (Fsp3) is 0.458. The van der Waals surface area contributed by atoms with E-state index in [0.717, 1.165) is 40.7 Å². The van der Waals surface area contributed by atoms with Gasteiger partial charge in [0.05, 0.1) is 22.3 Å². The largest absolute Gasteiger partial charge is 0.465 e. The highest BCUT2D eigenvalue weighted by atomic mass is 32.1. The minimum atomic E-state index is -0.931. The summed E-state index contributed by atoms with van der Waals surface area (Å²) < 4.78 is 2.14. The van der Waals surface area contributed by atoms with Gasteiger partial charge in [-0.3, -0.25) is 14.4 Å². The summed E-state index contributed by atoms with van der Waals surface area (Å²) in [5.41, 5.74) is 3.33. The second-order valence-electron chi connectivity index (χ2n) is 8.87. The molecule has 2 amide bonds. The maximum atomic E-state index is 13.0. The number of hydrogen-bond acceptors (Lipinski definition) is 4. The van der Waals surface area contributed by atoms with Crippen molar-refractivity contribution >= 4 is 44.9 Å². The van der Waals surface area contributed by atoms with Gasteiger partial charge in [0.1, 0.15) is 4.83 Å². The molecule has 5 rings (SSSR count). The van der Waals surface area contributed by atoms with Gasteiger partial charge in [0.2, 0.25) is 0 Å². The average Bonchev–Trinajstić information content (AvgIpc) is 3.46. The van der Waals surface area contributed by atoms with Crippen molar-refractivity contribution in [2.24, 2.45) is 0 Å². The van der Waals surface area contributed by atoms with Crippen molar-refractivity contribution in [3.05, 3.63) is 40.4 Å². The summed E-state index contributed by atoms with van der Waals surface area (Å²) in [4.78, 5) is 27.9. The second kappa shape index (κ2) is 8.24. The van der Waals surface area contributed by atoms with Crippen LogP contribution in [0.3, 0.4) is 0 Å². The molecule has 2 N–H and O–H groups in total. The molecule has 3 aromatic rings. The normalized spacial score (nSPS) is 18.8. The van der Waals surface area contributed by atoms with E-state index in [1.165, 1.54) is 35.5 Å². The summed E-state index contributed by atoms with van der Waals surface area (Å²) >= 11 is 1.50. The molecular weight excluding hydrogens is 424 g/mol. The monoisotopic (exact) mass is 452 g/mol. The van der Waals surface area contributed by atoms with Crippen LogP contribution in [-0.4, -0.2) is 32.9 Å². The van der Waals surface area contributed by atoms with E-state index in [9.17, 15) is 14.7 Å². The van der Waals surface area contributed by atoms with Gasteiger partial charge in [-0.15, -0.1) is 11.3 Å². The molecule has 1 fully saturated rings. The Hall–Kier alpha value is -2.87. The first-order valence-electron chi connectivity index (χ1n) is 11.4. The number of nitrogens with zero attached hydrogens (tertiary/aromatic N) is 3. The van der Waals surface area contributed by atoms with Crippen LogP contribution in [0.5, 0.6) is 0 Å². The molecule has 1 unspecified atom stereocenters. The van der Waals surface area contributed by atoms with Crippen molar-refractivity contribution in [3.63, 3.8) is 0 Å². The Morgan fingerprint density at radius 3 is 2.72 bits per heavy atom. The molecule has 32 heavy (non-hydrogen) atoms. The number of benzene rings is 1. The lowest BCUT2D eigenvalue weighted by Gasteiger charge is -2.22. The van der Waals surface area contributed by atoms with E-state index in [1.807, 2.05) is 26.0 Å². The highest BCUT2D eigenvalue weighted by molar-refractivity contribution is 7.20. The number of carboxylic acid groups (broad SMARTS) is 1. The number of carbonyl (C=O) groups is 2. The number of nitrogens with one attached hydrogen (secondary N) is 1. The van der Waals surface area contributed by atoms with E-state index in [-0.39, 0.29) is 11.9 Å². The molecule has 1 atom stereocenters. The maximum absolute atomic E-state index is 13.0. The molecule has 2 aromatic heterocycles. The first kappa shape index (κ1) is 21.0. The molecule has 0 saturated heterocycles. The highest BCUT2D eigenvalue weighted by Gasteiger charge is 2.33. The zero-order valence-electron chi connectivity index (χ0n) is 18.4. The van der Waals surface area contributed by atoms with Gasteiger partial charge in [-0.25, -0.2) is 4.79 Å². The van der Waals surface area contributed by atoms with Crippen LogP contribution in [0.15, 0.2) is 24.3 Å². The third-order valence-electron chi connectivity index (χ3n) is 6.81. The second-order valence-corrected chi connectivity index (χ2v) is 9.90. The Bertz CT molecular complexity index is 1190. The van der Waals surface area contributed by atoms with Crippen molar-refractivity contribution in [1.29, 1.82) is 0 Å². The highest BCUT2D eigenvalue weighted by Crippen LogP contribution is 2.37. The van der Waals surface area contributed by atoms with Crippen LogP contribution in [0.4, 0.5) is 16.2 Å². The first-order chi connectivity index (χ1) is 15.5. The summed E-state index contributed by atoms with van der Waals surface area (Å²) in [6, 6.07) is 7.81. The average molecular weight is 453 g/mol. The van der Waals surface area contributed by atoms with Crippen LogP contribution >= 0.6 is 11.3 Å². The lowest BCUT2D eigenvalue weighted by Crippen LogP contribution is -2.35. The number of amides is 2. The maximum Gasteiger partial charge on any atom is 0.412 e. The van der Waals surface area contributed by atoms with Crippen molar-refractivity contribution < 1.29 is 14.7 Å². The summed E-state index contributed by atoms with van der Waals surface area (Å²) in [7, 11) is 0. The SMILES string of the molecule is CCC1Cc2cc(NC(=O)c3cc4c(C)nn(C5CCCCC5)c4s3)ccc2N1C(=O)O. The molecule has 3 heterocycles. The van der Waals surface area contributed by atoms with Gasteiger partial charge in [-0.2, -0.15) is 5.10 Å². The summed E-state index contributed by atoms with van der Waals surface area (Å²) in [6.07, 6.45) is 6.55. The molecule has 0 radical (unpaired) electrons. The number of hydrogen-bond donors (Lipinski definition) is 2. The fourth-order valence-electron chi connectivity index (χ4n) is 5.14. The third-order valence-corrected chi connectivity index (χ3v) is 7.93. The molecule has 0 spiro atoms. The summed E-state index contributed by atoms with van der Waals surface area (Å²) in [5.74, 6) is -0.138. The molecule has 8 heteroatoms. The number of aromatic nitrogens is 2. The number of aryl methyl sites for hydroxylation is 1. The Morgan fingerprint density at radius 1 is 1.22 bits per heavy atom. The number of rotatable bonds is 4. The van der Waals surface area contributed by atoms with Gasteiger partial charge in [0.25, 0.3) is 5.91 Å². The minimum Gasteiger partial charge on any atom is -0.465 e. The number of thiophene rings is 1. The smallest absolute Gasteiger partial charge is 0.412 e. The van der Waals surface area contributed by atoms with Gasteiger partial charge in [-0.05, 0) is 62.4 Å². The van der Waals surface area contributed by atoms with Gasteiger partial charge in [0, 0.05) is 17.1 Å². The Balaban J connectivity index is 1.38. The molecular formula is C24H28N4O3S. The Morgan fingerprint density at radius 2 is 2.00 bits per heavy atom. The van der Waals surface area contributed by atoms with E-state index in [0.29, 0.717) is 28.7 Å². The molecule has 2 aliphatic rings. The van der Waals surface area contributed by atoms with Crippen LogP contribution in [-0.2, 0) is 6.42 Å². The zero-order valence-corrected chi connectivity index (χ0v) is 19.2. The van der Waals surface area contributed by atoms with Gasteiger partial charge >= 0.3 is 6.09 Å². The molecule has 1 aliphatic heterocycles. The van der Waals surface area contributed by atoms with Gasteiger partial charge < -0.3 is 10.4 Å². The lowest BCUT2D eigenvalue weighted by atomic mass is 9.96. The van der Waals surface area contributed by atoms with Crippen molar-refractivity contribution in [2.45, 2.75) is 70.9 Å². The molecule has 1 aromatic carbocycles. The van der Waals surface area contributed by atoms with Crippen LogP contribution in [0.25, 0.3) is 10.2 Å². The number of carbonyl (C=O) groups excluding carboxylic acids is 1. The molecule has 1 saturated carbocycles. The minimum absolute atomic E-state index is 0.0539. The predicted octanol–water partition coefficient (Wildman–Crippen LogP) is 5.98. The van der Waals surface area contributed by atoms with Crippen LogP contribution in [0.2, 0.25) is 0 Å². The first-order valence-corrected chi connectivity index (χ1v) is 12.2. The number of fused-ring (bicyclic) bond motifs is 2. The molecule has 1 aliphatic carbocycles. The standard InChI is InChI=1S/C24H28N4O3S/c1-3-17-12-15-11-16(9-10-20(15)27(17)24(30)31)25-22(29)21-13-19-14(2)26-28(23(19)32-21)18-7-5-4-6-8-18/h9-11,13,17-18H,3-8,12H2,1-2H3,(H,25,29)(H,30,31). The zero-order chi connectivity index (χ0) is 22.4. The summed E-state index contributed by atoms with van der Waals surface area (Å²) in [5, 5.41) is 18.4. The van der Waals surface area contributed by atoms with Crippen LogP contribution < -0.4 is 10.2 Å². The van der Waals surface area contributed by atoms with Gasteiger partial charge in [0.15, 0.2) is 0 Å². The van der Waals surface area contributed by atoms with Crippen LogP contribution in [0, 0.1) is 6.92 Å². The van der Waals surface area contributed by atoms with E-state index in [1.54, 1.807) is 12.1 Å². The van der Waals surface area contributed by atoms with Crippen molar-refractivity contribution in [1.82, 2.24) is 9.78 Å². The van der Waals surface area contributed by atoms with E-state index in [4.69, 9.17) is 5.10 Å². The Kier molecular flexibility index (Phi) is 5.41. The molecule has 168 valence electrons. The third kappa shape index (κ3) is 3.56. The Labute approximate surface area is 191 Å². The quantitative estimate of drug-likeness (QED) is 0.509. The van der Waals surface area contributed by atoms with Crippen LogP contribution in [0.1, 0.15) is 72.4 Å². The van der Waals surface area contributed by atoms with Crippen molar-refractivity contribution in [3.8, 4) is 0 Å².